The average molecular weight is 279 g/mol. The fraction of sp³-hybridized carbons (Fsp3) is 0.273. The van der Waals surface area contributed by atoms with Gasteiger partial charge >= 0.3 is 0 Å². The fourth-order valence-corrected chi connectivity index (χ4v) is 2.02. The lowest BCUT2D eigenvalue weighted by Crippen LogP contribution is -2.50. The molecule has 0 unspecified atom stereocenters. The maximum Gasteiger partial charge on any atom is 0.293 e. The van der Waals surface area contributed by atoms with Crippen LogP contribution in [0.5, 0.6) is 0 Å². The molecule has 1 saturated heterocycles. The zero-order valence-electron chi connectivity index (χ0n) is 10.5. The van der Waals surface area contributed by atoms with Crippen LogP contribution >= 0.6 is 0 Å². The quantitative estimate of drug-likeness (QED) is 0.288. The van der Waals surface area contributed by atoms with E-state index in [1.165, 1.54) is 12.1 Å². The molecule has 1 aromatic carbocycles. The van der Waals surface area contributed by atoms with Crippen LogP contribution in [0.3, 0.4) is 0 Å². The van der Waals surface area contributed by atoms with Gasteiger partial charge in [0.15, 0.2) is 0 Å². The molecule has 0 radical (unpaired) electrons. The van der Waals surface area contributed by atoms with Crippen LogP contribution in [0.25, 0.3) is 0 Å². The number of nitrogens with one attached hydrogen (secondary N) is 2. The Morgan fingerprint density at radius 3 is 2.55 bits per heavy atom. The Morgan fingerprint density at radius 1 is 1.35 bits per heavy atom. The van der Waals surface area contributed by atoms with Crippen molar-refractivity contribution in [2.75, 3.05) is 18.5 Å². The van der Waals surface area contributed by atoms with E-state index in [4.69, 9.17) is 5.84 Å². The normalized spacial score (nSPS) is 15.8. The maximum atomic E-state index is 11.2. The van der Waals surface area contributed by atoms with Crippen LogP contribution < -0.4 is 16.6 Å². The minimum absolute atomic E-state index is 0.0798. The number of rotatable bonds is 4. The molecule has 2 rings (SSSR count). The van der Waals surface area contributed by atoms with E-state index in [1.54, 1.807) is 11.0 Å². The van der Waals surface area contributed by atoms with Gasteiger partial charge in [0, 0.05) is 12.6 Å². The first-order valence-corrected chi connectivity index (χ1v) is 5.78. The molecule has 0 bridgehead atoms. The molecule has 4 N–H and O–H groups in total. The fourth-order valence-electron chi connectivity index (χ4n) is 2.02. The van der Waals surface area contributed by atoms with E-state index in [0.717, 1.165) is 0 Å². The van der Waals surface area contributed by atoms with Crippen LogP contribution in [0.1, 0.15) is 5.56 Å². The van der Waals surface area contributed by atoms with Gasteiger partial charge < -0.3 is 5.43 Å². The zero-order chi connectivity index (χ0) is 14.7. The van der Waals surface area contributed by atoms with Gasteiger partial charge in [-0.3, -0.25) is 35.8 Å². The number of benzene rings is 1. The van der Waals surface area contributed by atoms with Gasteiger partial charge in [-0.15, -0.1) is 0 Å². The lowest BCUT2D eigenvalue weighted by molar-refractivity contribution is -0.384. The number of nitrogens with zero attached hydrogens (tertiary/aromatic N) is 2. The summed E-state index contributed by atoms with van der Waals surface area (Å²) in [4.78, 5) is 34.4. The molecule has 20 heavy (non-hydrogen) atoms. The Kier molecular flexibility index (Phi) is 3.91. The standard InChI is InChI=1S/C11H13N5O4/c12-14-8-2-1-7(3-9(8)16(19)20)4-15-5-10(17)13-11(18)6-15/h1-3,14H,4-6,12H2,(H,13,17,18). The largest absolute Gasteiger partial charge is 0.318 e. The van der Waals surface area contributed by atoms with Crippen molar-refractivity contribution in [3.8, 4) is 0 Å². The van der Waals surface area contributed by atoms with Crippen LogP contribution in [-0.2, 0) is 16.1 Å². The number of nitro benzene ring substituents is 1. The van der Waals surface area contributed by atoms with Crippen molar-refractivity contribution in [1.29, 1.82) is 0 Å². The molecule has 1 aliphatic heterocycles. The van der Waals surface area contributed by atoms with Gasteiger partial charge in [0.05, 0.1) is 18.0 Å². The second-order valence-corrected chi connectivity index (χ2v) is 4.37. The van der Waals surface area contributed by atoms with Crippen molar-refractivity contribution in [3.05, 3.63) is 33.9 Å². The van der Waals surface area contributed by atoms with Crippen molar-refractivity contribution in [2.45, 2.75) is 6.54 Å². The summed E-state index contributed by atoms with van der Waals surface area (Å²) in [6, 6.07) is 4.50. The highest BCUT2D eigenvalue weighted by Gasteiger charge is 2.23. The third-order valence-electron chi connectivity index (χ3n) is 2.83. The molecule has 9 heteroatoms. The molecule has 1 aliphatic rings. The lowest BCUT2D eigenvalue weighted by atomic mass is 10.1. The Bertz CT molecular complexity index is 558. The summed E-state index contributed by atoms with van der Waals surface area (Å²) in [5, 5.41) is 13.1. The Balaban J connectivity index is 2.17. The number of imide groups is 1. The molecule has 1 aromatic rings. The van der Waals surface area contributed by atoms with Gasteiger partial charge in [-0.2, -0.15) is 0 Å². The van der Waals surface area contributed by atoms with E-state index in [0.29, 0.717) is 5.56 Å². The number of anilines is 1. The molecule has 2 amide bonds. The molecular formula is C11H13N5O4. The zero-order valence-corrected chi connectivity index (χ0v) is 10.5. The van der Waals surface area contributed by atoms with E-state index in [9.17, 15) is 19.7 Å². The average Bonchev–Trinajstić information content (AvgIpc) is 2.37. The Labute approximate surface area is 113 Å². The first-order chi connectivity index (χ1) is 9.49. The Hall–Kier alpha value is -2.52. The predicted molar refractivity (Wildman–Crippen MR) is 69.3 cm³/mol. The second-order valence-electron chi connectivity index (χ2n) is 4.37. The molecule has 106 valence electrons. The van der Waals surface area contributed by atoms with Crippen molar-refractivity contribution >= 4 is 23.2 Å². The first kappa shape index (κ1) is 13.9. The summed E-state index contributed by atoms with van der Waals surface area (Å²) < 4.78 is 0. The second kappa shape index (κ2) is 5.63. The van der Waals surface area contributed by atoms with Crippen LogP contribution in [-0.4, -0.2) is 34.7 Å². The van der Waals surface area contributed by atoms with Gasteiger partial charge in [-0.05, 0) is 11.6 Å². The highest BCUT2D eigenvalue weighted by Crippen LogP contribution is 2.25. The molecule has 0 spiro atoms. The van der Waals surface area contributed by atoms with Crippen LogP contribution in [0, 0.1) is 10.1 Å². The molecule has 0 aliphatic carbocycles. The molecule has 1 fully saturated rings. The van der Waals surface area contributed by atoms with E-state index in [-0.39, 0.29) is 42.8 Å². The number of carbonyl (C=O) groups excluding carboxylic acids is 2. The number of nitrogens with two attached hydrogens (primary N) is 1. The number of nitrogen functional groups attached to an aromatic ring is 1. The smallest absolute Gasteiger partial charge is 0.293 e. The molecule has 0 saturated carbocycles. The summed E-state index contributed by atoms with van der Waals surface area (Å²) in [5.74, 6) is 4.44. The van der Waals surface area contributed by atoms with Gasteiger partial charge in [-0.1, -0.05) is 6.07 Å². The highest BCUT2D eigenvalue weighted by atomic mass is 16.6. The topological polar surface area (TPSA) is 131 Å². The molecule has 9 nitrogen and oxygen atoms in total. The van der Waals surface area contributed by atoms with Gasteiger partial charge in [0.1, 0.15) is 5.69 Å². The highest BCUT2D eigenvalue weighted by molar-refractivity contribution is 5.99. The summed E-state index contributed by atoms with van der Waals surface area (Å²) in [6.07, 6.45) is 0. The number of amides is 2. The molecule has 0 atom stereocenters. The van der Waals surface area contributed by atoms with E-state index >= 15 is 0 Å². The molecule has 1 heterocycles. The van der Waals surface area contributed by atoms with Gasteiger partial charge in [0.2, 0.25) is 11.8 Å². The van der Waals surface area contributed by atoms with Crippen molar-refractivity contribution in [3.63, 3.8) is 0 Å². The summed E-state index contributed by atoms with van der Waals surface area (Å²) in [5.41, 5.74) is 2.92. The van der Waals surface area contributed by atoms with Gasteiger partial charge in [-0.25, -0.2) is 0 Å². The number of hydrogen-bond acceptors (Lipinski definition) is 7. The first-order valence-electron chi connectivity index (χ1n) is 5.78. The summed E-state index contributed by atoms with van der Waals surface area (Å²) in [6.45, 7) is 0.428. The number of carbonyl (C=O) groups is 2. The van der Waals surface area contributed by atoms with E-state index in [1.807, 2.05) is 0 Å². The number of piperazine rings is 1. The maximum absolute atomic E-state index is 11.2. The van der Waals surface area contributed by atoms with E-state index in [2.05, 4.69) is 10.7 Å². The minimum Gasteiger partial charge on any atom is -0.318 e. The number of hydrogen-bond donors (Lipinski definition) is 3. The number of hydrazine groups is 1. The monoisotopic (exact) mass is 279 g/mol. The van der Waals surface area contributed by atoms with Crippen molar-refractivity contribution < 1.29 is 14.5 Å². The van der Waals surface area contributed by atoms with Crippen LogP contribution in [0.4, 0.5) is 11.4 Å². The molecular weight excluding hydrogens is 266 g/mol. The van der Waals surface area contributed by atoms with Crippen LogP contribution in [0.2, 0.25) is 0 Å². The van der Waals surface area contributed by atoms with Crippen molar-refractivity contribution in [2.24, 2.45) is 5.84 Å². The summed E-state index contributed by atoms with van der Waals surface area (Å²) in [7, 11) is 0. The van der Waals surface area contributed by atoms with Gasteiger partial charge in [0.25, 0.3) is 5.69 Å². The summed E-state index contributed by atoms with van der Waals surface area (Å²) >= 11 is 0. The number of nitro groups is 1. The lowest BCUT2D eigenvalue weighted by Gasteiger charge is -2.25. The van der Waals surface area contributed by atoms with E-state index < -0.39 is 4.92 Å². The third kappa shape index (κ3) is 3.08. The molecule has 0 aromatic heterocycles. The Morgan fingerprint density at radius 2 is 2.00 bits per heavy atom. The third-order valence-corrected chi connectivity index (χ3v) is 2.83. The van der Waals surface area contributed by atoms with Crippen LogP contribution in [0.15, 0.2) is 18.2 Å². The van der Waals surface area contributed by atoms with Crippen molar-refractivity contribution in [1.82, 2.24) is 10.2 Å². The minimum atomic E-state index is -0.549. The predicted octanol–water partition coefficient (Wildman–Crippen LogP) is -0.661. The SMILES string of the molecule is NNc1ccc(CN2CC(=O)NC(=O)C2)cc1[N+](=O)[O-].